The van der Waals surface area contributed by atoms with Crippen molar-refractivity contribution in [2.45, 2.75) is 31.7 Å². The van der Waals surface area contributed by atoms with Crippen molar-refractivity contribution in [3.8, 4) is 0 Å². The van der Waals surface area contributed by atoms with Crippen LogP contribution in [0.4, 0.5) is 0 Å². The first-order valence-corrected chi connectivity index (χ1v) is 5.12. The van der Waals surface area contributed by atoms with E-state index in [1.165, 1.54) is 0 Å². The average molecular weight is 218 g/mol. The van der Waals surface area contributed by atoms with E-state index in [1.807, 2.05) is 18.5 Å². The van der Waals surface area contributed by atoms with Crippen LogP contribution in [0.3, 0.4) is 0 Å². The number of aromatic nitrogens is 3. The number of methoxy groups -OCH3 is 1. The van der Waals surface area contributed by atoms with Crippen molar-refractivity contribution in [1.29, 1.82) is 0 Å². The minimum atomic E-state index is -0.383. The Labute approximate surface area is 89.2 Å². The molecule has 1 unspecified atom stereocenters. The van der Waals surface area contributed by atoms with Gasteiger partial charge in [0, 0.05) is 14.2 Å². The topological polar surface area (TPSA) is 39.9 Å². The van der Waals surface area contributed by atoms with Gasteiger partial charge in [-0.05, 0) is 13.3 Å². The lowest BCUT2D eigenvalue weighted by atomic mass is 10.0. The van der Waals surface area contributed by atoms with Crippen LogP contribution >= 0.6 is 11.6 Å². The van der Waals surface area contributed by atoms with Gasteiger partial charge in [-0.3, -0.25) is 0 Å². The Kier molecular flexibility index (Phi) is 3.50. The minimum absolute atomic E-state index is 0.368. The summed E-state index contributed by atoms with van der Waals surface area (Å²) >= 11 is 5.72. The van der Waals surface area contributed by atoms with E-state index >= 15 is 0 Å². The summed E-state index contributed by atoms with van der Waals surface area (Å²) in [7, 11) is 3.58. The molecular formula is C9H16ClN3O. The molecule has 0 saturated heterocycles. The van der Waals surface area contributed by atoms with Crippen LogP contribution in [0, 0.1) is 0 Å². The predicted molar refractivity (Wildman–Crippen MR) is 55.2 cm³/mol. The van der Waals surface area contributed by atoms with Crippen molar-refractivity contribution in [3.05, 3.63) is 11.6 Å². The van der Waals surface area contributed by atoms with Crippen LogP contribution in [-0.2, 0) is 23.3 Å². The van der Waals surface area contributed by atoms with Crippen molar-refractivity contribution in [3.63, 3.8) is 0 Å². The fourth-order valence-electron chi connectivity index (χ4n) is 1.33. The molecule has 80 valence electrons. The maximum absolute atomic E-state index is 5.72. The zero-order valence-corrected chi connectivity index (χ0v) is 9.80. The van der Waals surface area contributed by atoms with Gasteiger partial charge in [0.2, 0.25) is 0 Å². The number of rotatable bonds is 4. The zero-order valence-electron chi connectivity index (χ0n) is 9.04. The summed E-state index contributed by atoms with van der Waals surface area (Å²) in [5.41, 5.74) is -0.383. The van der Waals surface area contributed by atoms with E-state index in [0.717, 1.165) is 18.1 Å². The highest BCUT2D eigenvalue weighted by atomic mass is 35.5. The highest BCUT2D eigenvalue weighted by molar-refractivity contribution is 6.16. The third kappa shape index (κ3) is 1.77. The summed E-state index contributed by atoms with van der Waals surface area (Å²) in [6, 6.07) is 0. The molecule has 0 aliphatic rings. The summed E-state index contributed by atoms with van der Waals surface area (Å²) in [5.74, 6) is 1.95. The van der Waals surface area contributed by atoms with Gasteiger partial charge >= 0.3 is 0 Å². The summed E-state index contributed by atoms with van der Waals surface area (Å²) in [6.45, 7) is 4.05. The molecule has 0 spiro atoms. The van der Waals surface area contributed by atoms with Gasteiger partial charge in [0.25, 0.3) is 0 Å². The molecule has 0 aliphatic heterocycles. The Balaban J connectivity index is 3.11. The van der Waals surface area contributed by atoms with Crippen LogP contribution in [0.1, 0.15) is 31.9 Å². The van der Waals surface area contributed by atoms with E-state index in [0.29, 0.717) is 5.88 Å². The van der Waals surface area contributed by atoms with Crippen LogP contribution in [0.25, 0.3) is 0 Å². The molecule has 0 aromatic carbocycles. The number of alkyl halides is 1. The predicted octanol–water partition coefficient (Wildman–Crippen LogP) is 1.83. The van der Waals surface area contributed by atoms with Crippen molar-refractivity contribution < 1.29 is 4.74 Å². The van der Waals surface area contributed by atoms with Gasteiger partial charge in [0.05, 0.1) is 5.88 Å². The van der Waals surface area contributed by atoms with Crippen molar-refractivity contribution in [2.24, 2.45) is 7.05 Å². The Bertz CT molecular complexity index is 307. The molecule has 1 aromatic heterocycles. The molecule has 0 amide bonds. The Morgan fingerprint density at radius 2 is 2.14 bits per heavy atom. The van der Waals surface area contributed by atoms with Gasteiger partial charge in [-0.15, -0.1) is 21.8 Å². The Morgan fingerprint density at radius 1 is 1.50 bits per heavy atom. The highest BCUT2D eigenvalue weighted by Gasteiger charge is 2.30. The molecule has 1 atom stereocenters. The van der Waals surface area contributed by atoms with Crippen LogP contribution < -0.4 is 0 Å². The monoisotopic (exact) mass is 217 g/mol. The van der Waals surface area contributed by atoms with Crippen molar-refractivity contribution in [2.75, 3.05) is 7.11 Å². The molecule has 1 aromatic rings. The molecule has 0 aliphatic carbocycles. The highest BCUT2D eigenvalue weighted by Crippen LogP contribution is 2.26. The molecule has 1 heterocycles. The van der Waals surface area contributed by atoms with Crippen molar-refractivity contribution in [1.82, 2.24) is 14.8 Å². The van der Waals surface area contributed by atoms with Crippen LogP contribution in [-0.4, -0.2) is 21.9 Å². The zero-order chi connectivity index (χ0) is 10.8. The largest absolute Gasteiger partial charge is 0.371 e. The number of ether oxygens (including phenoxy) is 1. The third-order valence-corrected chi connectivity index (χ3v) is 2.92. The summed E-state index contributed by atoms with van der Waals surface area (Å²) in [4.78, 5) is 0. The molecule has 4 nitrogen and oxygen atoms in total. The Morgan fingerprint density at radius 3 is 2.50 bits per heavy atom. The molecular weight excluding hydrogens is 202 g/mol. The summed E-state index contributed by atoms with van der Waals surface area (Å²) in [5, 5.41) is 8.10. The Hall–Kier alpha value is -0.610. The van der Waals surface area contributed by atoms with Crippen LogP contribution in [0.5, 0.6) is 0 Å². The van der Waals surface area contributed by atoms with Crippen molar-refractivity contribution >= 4 is 11.6 Å². The van der Waals surface area contributed by atoms with E-state index in [1.54, 1.807) is 7.11 Å². The lowest BCUT2D eigenvalue weighted by Gasteiger charge is -2.25. The molecule has 0 bridgehead atoms. The molecule has 14 heavy (non-hydrogen) atoms. The third-order valence-electron chi connectivity index (χ3n) is 2.68. The molecule has 0 N–H and O–H groups in total. The molecule has 0 saturated carbocycles. The quantitative estimate of drug-likeness (QED) is 0.723. The van der Waals surface area contributed by atoms with Gasteiger partial charge in [-0.25, -0.2) is 0 Å². The van der Waals surface area contributed by atoms with E-state index in [2.05, 4.69) is 17.1 Å². The second-order valence-electron chi connectivity index (χ2n) is 3.42. The fraction of sp³-hybridized carbons (Fsp3) is 0.778. The lowest BCUT2D eigenvalue weighted by Crippen LogP contribution is -2.27. The van der Waals surface area contributed by atoms with E-state index < -0.39 is 0 Å². The first-order valence-electron chi connectivity index (χ1n) is 4.59. The van der Waals surface area contributed by atoms with E-state index in [-0.39, 0.29) is 5.60 Å². The smallest absolute Gasteiger partial charge is 0.164 e. The van der Waals surface area contributed by atoms with Gasteiger partial charge in [-0.2, -0.15) is 0 Å². The van der Waals surface area contributed by atoms with Gasteiger partial charge in [-0.1, -0.05) is 6.92 Å². The number of hydrogen-bond donors (Lipinski definition) is 0. The second-order valence-corrected chi connectivity index (χ2v) is 3.69. The normalized spacial score (nSPS) is 15.5. The standard InChI is InChI=1S/C9H16ClN3O/c1-5-9(2,14-4)8-12-11-7(6-10)13(8)3/h5-6H2,1-4H3. The number of nitrogens with zero attached hydrogens (tertiary/aromatic N) is 3. The summed E-state index contributed by atoms with van der Waals surface area (Å²) < 4.78 is 7.33. The van der Waals surface area contributed by atoms with Gasteiger partial charge < -0.3 is 9.30 Å². The van der Waals surface area contributed by atoms with Crippen LogP contribution in [0.15, 0.2) is 0 Å². The fourth-order valence-corrected chi connectivity index (χ4v) is 1.56. The van der Waals surface area contributed by atoms with Gasteiger partial charge in [0.1, 0.15) is 11.4 Å². The number of hydrogen-bond acceptors (Lipinski definition) is 3. The van der Waals surface area contributed by atoms with Crippen LogP contribution in [0.2, 0.25) is 0 Å². The maximum atomic E-state index is 5.72. The summed E-state index contributed by atoms with van der Waals surface area (Å²) in [6.07, 6.45) is 0.845. The minimum Gasteiger partial charge on any atom is -0.371 e. The van der Waals surface area contributed by atoms with E-state index in [4.69, 9.17) is 16.3 Å². The molecule has 0 radical (unpaired) electrons. The first-order chi connectivity index (χ1) is 6.59. The molecule has 0 fully saturated rings. The van der Waals surface area contributed by atoms with E-state index in [9.17, 15) is 0 Å². The first kappa shape index (κ1) is 11.5. The SMILES string of the molecule is CCC(C)(OC)c1nnc(CCl)n1C. The number of halogens is 1. The second kappa shape index (κ2) is 4.28. The molecule has 1 rings (SSSR count). The maximum Gasteiger partial charge on any atom is 0.164 e. The average Bonchev–Trinajstić information content (AvgIpc) is 2.59. The lowest BCUT2D eigenvalue weighted by molar-refractivity contribution is -0.0115. The van der Waals surface area contributed by atoms with Gasteiger partial charge in [0.15, 0.2) is 5.82 Å². The molecule has 5 heteroatoms.